The largest absolute Gasteiger partial charge is 0.377 e. The fraction of sp³-hybridized carbons (Fsp3) is 0.111. The van der Waals surface area contributed by atoms with Crippen molar-refractivity contribution in [2.24, 2.45) is 0 Å². The van der Waals surface area contributed by atoms with Crippen LogP contribution in [0.5, 0.6) is 0 Å². The highest BCUT2D eigenvalue weighted by Crippen LogP contribution is 2.24. The van der Waals surface area contributed by atoms with Gasteiger partial charge in [-0.2, -0.15) is 0 Å². The van der Waals surface area contributed by atoms with Crippen LogP contribution in [-0.4, -0.2) is 6.54 Å². The van der Waals surface area contributed by atoms with E-state index in [-0.39, 0.29) is 5.82 Å². The van der Waals surface area contributed by atoms with Gasteiger partial charge >= 0.3 is 0 Å². The highest BCUT2D eigenvalue weighted by molar-refractivity contribution is 9.11. The van der Waals surface area contributed by atoms with Crippen molar-refractivity contribution in [1.29, 1.82) is 0 Å². The fourth-order valence-electron chi connectivity index (χ4n) is 0.851. The summed E-state index contributed by atoms with van der Waals surface area (Å²) in [6.45, 7) is 4.06. The van der Waals surface area contributed by atoms with Crippen molar-refractivity contribution < 1.29 is 4.39 Å². The standard InChI is InChI=1S/C9H8BrClFN/c1-6(10)5-13-9-7(11)3-2-4-8(9)12/h2-4,13H,1,5H2. The number of nitrogens with one attached hydrogen (secondary N) is 1. The van der Waals surface area contributed by atoms with E-state index in [9.17, 15) is 4.39 Å². The number of rotatable bonds is 3. The molecule has 0 aliphatic heterocycles. The molecule has 1 nitrogen and oxygen atoms in total. The minimum absolute atomic E-state index is 0.310. The molecule has 1 rings (SSSR count). The van der Waals surface area contributed by atoms with E-state index in [0.29, 0.717) is 17.3 Å². The first-order valence-corrected chi connectivity index (χ1v) is 4.79. The van der Waals surface area contributed by atoms with Crippen LogP contribution in [0, 0.1) is 5.82 Å². The Kier molecular flexibility index (Phi) is 3.75. The van der Waals surface area contributed by atoms with Crippen molar-refractivity contribution in [3.63, 3.8) is 0 Å². The Bertz CT molecular complexity index is 307. The second-order valence-corrected chi connectivity index (χ2v) is 4.00. The molecule has 0 spiro atoms. The summed E-state index contributed by atoms with van der Waals surface area (Å²) in [5.41, 5.74) is 0.310. The lowest BCUT2D eigenvalue weighted by atomic mass is 10.3. The van der Waals surface area contributed by atoms with E-state index in [2.05, 4.69) is 27.8 Å². The second kappa shape index (κ2) is 4.63. The molecule has 1 aromatic carbocycles. The van der Waals surface area contributed by atoms with Crippen LogP contribution in [0.3, 0.4) is 0 Å². The monoisotopic (exact) mass is 263 g/mol. The molecule has 1 aromatic rings. The Hall–Kier alpha value is -0.540. The molecular formula is C9H8BrClFN. The number of halogens is 3. The first kappa shape index (κ1) is 10.5. The summed E-state index contributed by atoms with van der Waals surface area (Å²) in [6, 6.07) is 4.54. The third-order valence-electron chi connectivity index (χ3n) is 1.42. The highest BCUT2D eigenvalue weighted by atomic mass is 79.9. The zero-order valence-corrected chi connectivity index (χ0v) is 9.12. The van der Waals surface area contributed by atoms with Gasteiger partial charge in [0, 0.05) is 11.0 Å². The average molecular weight is 265 g/mol. The molecule has 1 N–H and O–H groups in total. The summed E-state index contributed by atoms with van der Waals surface area (Å²) >= 11 is 8.92. The van der Waals surface area contributed by atoms with Crippen LogP contribution in [0.2, 0.25) is 5.02 Å². The molecule has 0 saturated carbocycles. The molecule has 0 aliphatic carbocycles. The van der Waals surface area contributed by atoms with Gasteiger partial charge in [-0.15, -0.1) is 0 Å². The first-order chi connectivity index (χ1) is 6.11. The quantitative estimate of drug-likeness (QED) is 0.875. The third-order valence-corrected chi connectivity index (χ3v) is 2.02. The van der Waals surface area contributed by atoms with Crippen molar-refractivity contribution >= 4 is 33.2 Å². The number of hydrogen-bond donors (Lipinski definition) is 1. The number of hydrogen-bond acceptors (Lipinski definition) is 1. The minimum atomic E-state index is -0.360. The maximum absolute atomic E-state index is 13.1. The first-order valence-electron chi connectivity index (χ1n) is 3.62. The lowest BCUT2D eigenvalue weighted by Crippen LogP contribution is -2.03. The molecule has 0 radical (unpaired) electrons. The Morgan fingerprint density at radius 3 is 2.85 bits per heavy atom. The molecule has 0 aromatic heterocycles. The maximum atomic E-state index is 13.1. The van der Waals surface area contributed by atoms with Crippen LogP contribution >= 0.6 is 27.5 Å². The van der Waals surface area contributed by atoms with Crippen molar-refractivity contribution in [1.82, 2.24) is 0 Å². The molecule has 0 amide bonds. The van der Waals surface area contributed by atoms with E-state index < -0.39 is 0 Å². The fourth-order valence-corrected chi connectivity index (χ4v) is 1.22. The lowest BCUT2D eigenvalue weighted by molar-refractivity contribution is 0.631. The van der Waals surface area contributed by atoms with Gasteiger partial charge in [-0.3, -0.25) is 0 Å². The van der Waals surface area contributed by atoms with E-state index in [4.69, 9.17) is 11.6 Å². The van der Waals surface area contributed by atoms with E-state index in [1.165, 1.54) is 6.07 Å². The number of para-hydroxylation sites is 1. The van der Waals surface area contributed by atoms with Gasteiger partial charge in [-0.05, 0) is 12.1 Å². The zero-order valence-electron chi connectivity index (χ0n) is 6.78. The molecule has 0 aliphatic rings. The Balaban J connectivity index is 2.81. The van der Waals surface area contributed by atoms with Crippen LogP contribution < -0.4 is 5.32 Å². The van der Waals surface area contributed by atoms with Crippen LogP contribution in [0.1, 0.15) is 0 Å². The second-order valence-electron chi connectivity index (χ2n) is 2.47. The van der Waals surface area contributed by atoms with Gasteiger partial charge in [-0.1, -0.05) is 40.2 Å². The summed E-state index contributed by atoms with van der Waals surface area (Å²) in [4.78, 5) is 0. The molecular weight excluding hydrogens is 256 g/mol. The Morgan fingerprint density at radius 2 is 2.31 bits per heavy atom. The van der Waals surface area contributed by atoms with Crippen molar-refractivity contribution in [2.75, 3.05) is 11.9 Å². The highest BCUT2D eigenvalue weighted by Gasteiger charge is 2.05. The molecule has 0 fully saturated rings. The molecule has 0 atom stereocenters. The molecule has 0 bridgehead atoms. The molecule has 4 heteroatoms. The van der Waals surface area contributed by atoms with Crippen LogP contribution in [0.4, 0.5) is 10.1 Å². The van der Waals surface area contributed by atoms with Gasteiger partial charge in [-0.25, -0.2) is 4.39 Å². The van der Waals surface area contributed by atoms with Gasteiger partial charge in [0.2, 0.25) is 0 Å². The van der Waals surface area contributed by atoms with Crippen LogP contribution in [0.25, 0.3) is 0 Å². The number of benzene rings is 1. The van der Waals surface area contributed by atoms with Crippen molar-refractivity contribution in [2.45, 2.75) is 0 Å². The topological polar surface area (TPSA) is 12.0 Å². The van der Waals surface area contributed by atoms with E-state index >= 15 is 0 Å². The number of anilines is 1. The molecule has 13 heavy (non-hydrogen) atoms. The van der Waals surface area contributed by atoms with E-state index in [1.54, 1.807) is 12.1 Å². The summed E-state index contributed by atoms with van der Waals surface area (Å²) in [6.07, 6.45) is 0. The van der Waals surface area contributed by atoms with Crippen LogP contribution in [-0.2, 0) is 0 Å². The Labute approximate surface area is 89.7 Å². The molecule has 70 valence electrons. The summed E-state index contributed by atoms with van der Waals surface area (Å²) in [7, 11) is 0. The Morgan fingerprint density at radius 1 is 1.62 bits per heavy atom. The SMILES string of the molecule is C=C(Br)CNc1c(F)cccc1Cl. The van der Waals surface area contributed by atoms with Gasteiger partial charge in [0.25, 0.3) is 0 Å². The lowest BCUT2D eigenvalue weighted by Gasteiger charge is -2.07. The minimum Gasteiger partial charge on any atom is -0.377 e. The van der Waals surface area contributed by atoms with E-state index in [0.717, 1.165) is 4.48 Å². The molecule has 0 saturated heterocycles. The summed E-state index contributed by atoms with van der Waals surface area (Å²) in [5, 5.41) is 3.20. The predicted molar refractivity (Wildman–Crippen MR) is 58.0 cm³/mol. The average Bonchev–Trinajstić information content (AvgIpc) is 2.03. The smallest absolute Gasteiger partial charge is 0.147 e. The van der Waals surface area contributed by atoms with Gasteiger partial charge in [0.15, 0.2) is 0 Å². The molecule has 0 unspecified atom stereocenters. The zero-order chi connectivity index (χ0) is 9.84. The van der Waals surface area contributed by atoms with Gasteiger partial charge in [0.05, 0.1) is 10.7 Å². The maximum Gasteiger partial charge on any atom is 0.147 e. The van der Waals surface area contributed by atoms with E-state index in [1.807, 2.05) is 0 Å². The van der Waals surface area contributed by atoms with Crippen molar-refractivity contribution in [3.8, 4) is 0 Å². The van der Waals surface area contributed by atoms with Gasteiger partial charge in [0.1, 0.15) is 5.82 Å². The normalized spacial score (nSPS) is 9.77. The molecule has 0 heterocycles. The van der Waals surface area contributed by atoms with Gasteiger partial charge < -0.3 is 5.32 Å². The third kappa shape index (κ3) is 3.01. The summed E-state index contributed by atoms with van der Waals surface area (Å²) in [5.74, 6) is -0.360. The summed E-state index contributed by atoms with van der Waals surface area (Å²) < 4.78 is 13.9. The van der Waals surface area contributed by atoms with Crippen molar-refractivity contribution in [3.05, 3.63) is 40.1 Å². The predicted octanol–water partition coefficient (Wildman–Crippen LogP) is 3.80. The van der Waals surface area contributed by atoms with Crippen LogP contribution in [0.15, 0.2) is 29.3 Å².